The molecule has 524 valence electrons. The molecule has 99 heavy (non-hydrogen) atoms. The standard InChI is InChI=1S/C75H88F2N10O12/c1-46(84(9)72(96)98-74(3,4)5)68(92)82-60(70(94)86-36-14-16-62(86)52-40-54(44-78-42-52)66(90)50-24-28-56(76)29-25-50)38-48-20-32-58(33-21-48)80-64(88)18-12-11-13-19-65(89)81-59-34-22-49(23-35-59)39-61(83-69(93)47(2)85(10)73(97)99-75(6,7)8)71(95)87-37-15-17-63(87)53-41-55(45-79-43-53)67(91)51-26-30-57(77)31-27-51/h20-35,40-47,60-63H,11-19,36-39H2,1-10H3,(H,80,88)(H,81,89)(H,82,92)(H,83,93). The Kier molecular flexibility index (Phi) is 25.1. The molecule has 6 unspecified atom stereocenters. The number of likely N-dealkylation sites (tertiary alicyclic amines) is 2. The average Bonchev–Trinajstić information content (AvgIpc) is 1.76. The molecule has 24 heteroatoms. The molecule has 2 aliphatic heterocycles. The minimum absolute atomic E-state index is 0.0408. The summed E-state index contributed by atoms with van der Waals surface area (Å²) in [5.74, 6) is -4.18. The lowest BCUT2D eigenvalue weighted by Crippen LogP contribution is -2.55. The van der Waals surface area contributed by atoms with Crippen molar-refractivity contribution in [2.24, 2.45) is 0 Å². The molecule has 22 nitrogen and oxygen atoms in total. The zero-order valence-corrected chi connectivity index (χ0v) is 57.7. The van der Waals surface area contributed by atoms with Crippen molar-refractivity contribution in [2.75, 3.05) is 37.8 Å². The van der Waals surface area contributed by atoms with Gasteiger partial charge < -0.3 is 40.5 Å². The van der Waals surface area contributed by atoms with Gasteiger partial charge in [-0.2, -0.15) is 0 Å². The summed E-state index contributed by atoms with van der Waals surface area (Å²) in [4.78, 5) is 151. The second kappa shape index (κ2) is 33.3. The number of carbonyl (C=O) groups is 10. The monoisotopic (exact) mass is 1360 g/mol. The zero-order chi connectivity index (χ0) is 71.9. The van der Waals surface area contributed by atoms with Gasteiger partial charge in [-0.15, -0.1) is 0 Å². The Morgan fingerprint density at radius 2 is 0.859 bits per heavy atom. The fourth-order valence-electron chi connectivity index (χ4n) is 11.7. The maximum atomic E-state index is 14.8. The first-order valence-corrected chi connectivity index (χ1v) is 33.3. The number of halogens is 2. The lowest BCUT2D eigenvalue weighted by atomic mass is 9.99. The van der Waals surface area contributed by atoms with Crippen LogP contribution in [0, 0.1) is 11.6 Å². The van der Waals surface area contributed by atoms with E-state index in [2.05, 4.69) is 31.2 Å². The first-order valence-electron chi connectivity index (χ1n) is 33.3. The molecular weight excluding hydrogens is 1270 g/mol. The number of hydrogen-bond acceptors (Lipinski definition) is 14. The first kappa shape index (κ1) is 74.5. The smallest absolute Gasteiger partial charge is 0.410 e. The molecule has 6 aromatic rings. The van der Waals surface area contributed by atoms with E-state index in [1.807, 2.05) is 0 Å². The average molecular weight is 1360 g/mol. The van der Waals surface area contributed by atoms with Crippen molar-refractivity contribution < 1.29 is 66.2 Å². The summed E-state index contributed by atoms with van der Waals surface area (Å²) in [6.07, 6.45) is 8.91. The zero-order valence-electron chi connectivity index (χ0n) is 57.7. The van der Waals surface area contributed by atoms with Gasteiger partial charge >= 0.3 is 12.2 Å². The molecule has 2 aliphatic rings. The van der Waals surface area contributed by atoms with Crippen LogP contribution in [0.3, 0.4) is 0 Å². The van der Waals surface area contributed by atoms with Crippen molar-refractivity contribution in [1.29, 1.82) is 0 Å². The number of anilines is 2. The summed E-state index contributed by atoms with van der Waals surface area (Å²) in [7, 11) is 2.87. The quantitative estimate of drug-likeness (QED) is 0.0290. The van der Waals surface area contributed by atoms with Crippen LogP contribution < -0.4 is 21.3 Å². The van der Waals surface area contributed by atoms with Crippen LogP contribution in [0.5, 0.6) is 0 Å². The van der Waals surface area contributed by atoms with E-state index in [4.69, 9.17) is 9.47 Å². The number of carbonyl (C=O) groups excluding carboxylic acids is 10. The van der Waals surface area contributed by atoms with Gasteiger partial charge in [-0.05, 0) is 201 Å². The second-order valence-electron chi connectivity index (χ2n) is 27.2. The Bertz CT molecular complexity index is 3650. The molecule has 0 radical (unpaired) electrons. The van der Waals surface area contributed by atoms with Crippen molar-refractivity contribution in [1.82, 2.24) is 40.2 Å². The second-order valence-corrected chi connectivity index (χ2v) is 27.2. The van der Waals surface area contributed by atoms with Crippen LogP contribution in [0.15, 0.2) is 134 Å². The van der Waals surface area contributed by atoms with E-state index in [-0.39, 0.29) is 71.3 Å². The number of hydrogen-bond donors (Lipinski definition) is 4. The number of nitrogens with one attached hydrogen (secondary N) is 4. The highest BCUT2D eigenvalue weighted by Gasteiger charge is 2.39. The molecule has 0 aliphatic carbocycles. The van der Waals surface area contributed by atoms with Crippen LogP contribution in [0.2, 0.25) is 0 Å². The Labute approximate surface area is 576 Å². The molecule has 2 aromatic heterocycles. The van der Waals surface area contributed by atoms with Crippen LogP contribution in [-0.4, -0.2) is 151 Å². The highest BCUT2D eigenvalue weighted by molar-refractivity contribution is 6.09. The van der Waals surface area contributed by atoms with Crippen LogP contribution in [0.1, 0.15) is 179 Å². The number of amides is 8. The molecule has 4 aromatic carbocycles. The van der Waals surface area contributed by atoms with Crippen LogP contribution in [0.4, 0.5) is 29.7 Å². The van der Waals surface area contributed by atoms with E-state index in [1.165, 1.54) is 88.9 Å². The van der Waals surface area contributed by atoms with Gasteiger partial charge in [0.15, 0.2) is 11.6 Å². The van der Waals surface area contributed by atoms with E-state index >= 15 is 0 Å². The molecular formula is C75H88F2N10O12. The van der Waals surface area contributed by atoms with E-state index in [0.717, 1.165) is 9.80 Å². The molecule has 2 saturated heterocycles. The van der Waals surface area contributed by atoms with Crippen molar-refractivity contribution in [2.45, 2.75) is 173 Å². The van der Waals surface area contributed by atoms with Gasteiger partial charge in [-0.1, -0.05) is 30.7 Å². The molecule has 4 heterocycles. The summed E-state index contributed by atoms with van der Waals surface area (Å²) in [5, 5.41) is 11.6. The van der Waals surface area contributed by atoms with Gasteiger partial charge in [-0.25, -0.2) is 18.4 Å². The van der Waals surface area contributed by atoms with Gasteiger partial charge in [0.2, 0.25) is 35.4 Å². The number of rotatable bonds is 26. The molecule has 6 atom stereocenters. The molecule has 4 N–H and O–H groups in total. The topological polar surface area (TPSA) is 276 Å². The summed E-state index contributed by atoms with van der Waals surface area (Å²) in [6, 6.07) is 22.2. The third-order valence-corrected chi connectivity index (χ3v) is 17.3. The van der Waals surface area contributed by atoms with Crippen molar-refractivity contribution in [3.8, 4) is 0 Å². The number of unbranched alkanes of at least 4 members (excludes halogenated alkanes) is 2. The highest BCUT2D eigenvalue weighted by Crippen LogP contribution is 2.35. The maximum Gasteiger partial charge on any atom is 0.410 e. The molecule has 2 fully saturated rings. The maximum absolute atomic E-state index is 14.8. The normalized spacial score (nSPS) is 15.7. The summed E-state index contributed by atoms with van der Waals surface area (Å²) < 4.78 is 38.4. The van der Waals surface area contributed by atoms with E-state index < -0.39 is 94.9 Å². The van der Waals surface area contributed by atoms with Crippen LogP contribution in [-0.2, 0) is 51.1 Å². The third-order valence-electron chi connectivity index (χ3n) is 17.3. The molecule has 0 bridgehead atoms. The number of benzene rings is 4. The van der Waals surface area contributed by atoms with Crippen molar-refractivity contribution in [3.05, 3.63) is 190 Å². The number of pyridine rings is 2. The summed E-state index contributed by atoms with van der Waals surface area (Å²) in [6.45, 7) is 14.0. The van der Waals surface area contributed by atoms with Gasteiger partial charge in [0.05, 0.1) is 12.1 Å². The van der Waals surface area contributed by atoms with Crippen LogP contribution >= 0.6 is 0 Å². The highest BCUT2D eigenvalue weighted by atomic mass is 19.1. The first-order chi connectivity index (χ1) is 46.9. The van der Waals surface area contributed by atoms with Gasteiger partial charge in [0, 0.05) is 111 Å². The number of ketones is 2. The van der Waals surface area contributed by atoms with E-state index in [1.54, 1.807) is 124 Å². The number of likely N-dealkylation sites (N-methyl/N-ethyl adjacent to an activating group) is 2. The Morgan fingerprint density at radius 1 is 0.505 bits per heavy atom. The molecule has 0 spiro atoms. The molecule has 8 rings (SSSR count). The summed E-state index contributed by atoms with van der Waals surface area (Å²) >= 11 is 0. The predicted octanol–water partition coefficient (Wildman–Crippen LogP) is 11.0. The van der Waals surface area contributed by atoms with Gasteiger partial charge in [-0.3, -0.25) is 58.1 Å². The Morgan fingerprint density at radius 3 is 1.20 bits per heavy atom. The molecule has 0 saturated carbocycles. The fourth-order valence-corrected chi connectivity index (χ4v) is 11.7. The van der Waals surface area contributed by atoms with Crippen molar-refractivity contribution >= 4 is 70.6 Å². The third kappa shape index (κ3) is 20.9. The largest absolute Gasteiger partial charge is 0.444 e. The fraction of sp³-hybridized carbons (Fsp3) is 0.413. The SMILES string of the molecule is CC(C(=O)NC(Cc1ccc(NC(=O)CCCCCC(=O)Nc2ccc(CC(NC(=O)C(C)N(C)C(=O)OC(C)(C)C)C(=O)N3CCCC3c3cncc(C(=O)c4ccc(F)cc4)c3)cc2)cc1)C(=O)N1CCCC1c1cncc(C(=O)c2ccc(F)cc2)c1)N(C)C(=O)OC(C)(C)C. The van der Waals surface area contributed by atoms with Crippen molar-refractivity contribution in [3.63, 3.8) is 0 Å². The minimum Gasteiger partial charge on any atom is -0.444 e. The summed E-state index contributed by atoms with van der Waals surface area (Å²) in [5.41, 5.74) is 2.96. The number of ether oxygens (including phenoxy) is 2. The number of nitrogens with zero attached hydrogens (tertiary/aromatic N) is 6. The van der Waals surface area contributed by atoms with Crippen LogP contribution in [0.25, 0.3) is 0 Å². The minimum atomic E-state index is -1.11. The van der Waals surface area contributed by atoms with E-state index in [9.17, 15) is 56.7 Å². The lowest BCUT2D eigenvalue weighted by Gasteiger charge is -2.32. The van der Waals surface area contributed by atoms with E-state index in [0.29, 0.717) is 91.7 Å². The Balaban J connectivity index is 0.845. The lowest BCUT2D eigenvalue weighted by molar-refractivity contribution is -0.138. The Hall–Kier alpha value is -10.3. The molecule has 8 amide bonds. The van der Waals surface area contributed by atoms with Gasteiger partial charge in [0.25, 0.3) is 0 Å². The number of aromatic nitrogens is 2. The van der Waals surface area contributed by atoms with Gasteiger partial charge in [0.1, 0.15) is 47.0 Å². The predicted molar refractivity (Wildman–Crippen MR) is 367 cm³/mol.